The van der Waals surface area contributed by atoms with E-state index >= 15 is 0 Å². The van der Waals surface area contributed by atoms with Crippen LogP contribution in [-0.2, 0) is 0 Å². The van der Waals surface area contributed by atoms with Crippen LogP contribution in [0.3, 0.4) is 0 Å². The molecule has 0 unspecified atom stereocenters. The van der Waals surface area contributed by atoms with Gasteiger partial charge in [0.1, 0.15) is 0 Å². The Bertz CT molecular complexity index is 434. The van der Waals surface area contributed by atoms with Crippen molar-refractivity contribution in [1.82, 2.24) is 4.90 Å². The molecule has 84 valence electrons. The van der Waals surface area contributed by atoms with E-state index in [0.29, 0.717) is 23.7 Å². The highest BCUT2D eigenvalue weighted by molar-refractivity contribution is 6.31. The highest BCUT2D eigenvalue weighted by Crippen LogP contribution is 2.19. The fourth-order valence-electron chi connectivity index (χ4n) is 1.45. The monoisotopic (exact) mass is 235 g/mol. The SMILES string of the molecule is C#CCN(CC)C(=O)c1cccc(Cl)c1C. The number of rotatable bonds is 3. The summed E-state index contributed by atoms with van der Waals surface area (Å²) in [5.74, 6) is 2.41. The topological polar surface area (TPSA) is 20.3 Å². The molecule has 0 aliphatic heterocycles. The van der Waals surface area contributed by atoms with Gasteiger partial charge in [0.05, 0.1) is 6.54 Å². The highest BCUT2D eigenvalue weighted by Gasteiger charge is 2.16. The minimum absolute atomic E-state index is 0.0690. The normalized spacial score (nSPS) is 9.62. The van der Waals surface area contributed by atoms with E-state index < -0.39 is 0 Å². The Balaban J connectivity index is 3.05. The van der Waals surface area contributed by atoms with Crippen molar-refractivity contribution in [3.63, 3.8) is 0 Å². The molecule has 0 saturated heterocycles. The summed E-state index contributed by atoms with van der Waals surface area (Å²) in [5, 5.41) is 0.600. The quantitative estimate of drug-likeness (QED) is 0.738. The summed E-state index contributed by atoms with van der Waals surface area (Å²) in [6.07, 6.45) is 5.22. The number of nitrogens with zero attached hydrogens (tertiary/aromatic N) is 1. The van der Waals surface area contributed by atoms with Crippen molar-refractivity contribution in [2.45, 2.75) is 13.8 Å². The number of halogens is 1. The first-order chi connectivity index (χ1) is 7.61. The number of carbonyl (C=O) groups is 1. The van der Waals surface area contributed by atoms with Gasteiger partial charge in [0, 0.05) is 17.1 Å². The number of carbonyl (C=O) groups excluding carboxylic acids is 1. The summed E-state index contributed by atoms with van der Waals surface area (Å²) >= 11 is 5.97. The van der Waals surface area contributed by atoms with Crippen LogP contribution in [0, 0.1) is 19.3 Å². The van der Waals surface area contributed by atoms with E-state index in [2.05, 4.69) is 5.92 Å². The number of hydrogen-bond donors (Lipinski definition) is 0. The van der Waals surface area contributed by atoms with Gasteiger partial charge in [-0.3, -0.25) is 4.79 Å². The van der Waals surface area contributed by atoms with Crippen molar-refractivity contribution in [1.29, 1.82) is 0 Å². The van der Waals surface area contributed by atoms with Crippen LogP contribution in [0.2, 0.25) is 5.02 Å². The Kier molecular flexibility index (Phi) is 4.39. The van der Waals surface area contributed by atoms with Crippen molar-refractivity contribution in [3.8, 4) is 12.3 Å². The Hall–Kier alpha value is -1.46. The Morgan fingerprint density at radius 1 is 1.56 bits per heavy atom. The van der Waals surface area contributed by atoms with Gasteiger partial charge in [-0.25, -0.2) is 0 Å². The summed E-state index contributed by atoms with van der Waals surface area (Å²) in [5.41, 5.74) is 1.41. The predicted octanol–water partition coefficient (Wildman–Crippen LogP) is 2.74. The molecule has 0 bridgehead atoms. The van der Waals surface area contributed by atoms with Crippen molar-refractivity contribution in [2.24, 2.45) is 0 Å². The van der Waals surface area contributed by atoms with Gasteiger partial charge in [0.2, 0.25) is 0 Å². The molecule has 2 nitrogen and oxygen atoms in total. The van der Waals surface area contributed by atoms with Gasteiger partial charge < -0.3 is 4.90 Å². The molecule has 0 saturated carbocycles. The molecular weight excluding hydrogens is 222 g/mol. The van der Waals surface area contributed by atoms with Crippen LogP contribution >= 0.6 is 11.6 Å². The fraction of sp³-hybridized carbons (Fsp3) is 0.308. The molecule has 1 amide bonds. The lowest BCUT2D eigenvalue weighted by Gasteiger charge is -2.19. The number of hydrogen-bond acceptors (Lipinski definition) is 1. The lowest BCUT2D eigenvalue weighted by Crippen LogP contribution is -2.31. The van der Waals surface area contributed by atoms with Gasteiger partial charge in [-0.1, -0.05) is 23.6 Å². The molecule has 0 aromatic heterocycles. The lowest BCUT2D eigenvalue weighted by atomic mass is 10.1. The Labute approximate surface area is 101 Å². The average molecular weight is 236 g/mol. The van der Waals surface area contributed by atoms with E-state index in [0.717, 1.165) is 5.56 Å². The molecule has 0 atom stereocenters. The second kappa shape index (κ2) is 5.58. The number of terminal acetylenes is 1. The molecule has 3 heteroatoms. The molecule has 1 aromatic carbocycles. The fourth-order valence-corrected chi connectivity index (χ4v) is 1.62. The first-order valence-electron chi connectivity index (χ1n) is 5.09. The number of benzene rings is 1. The van der Waals surface area contributed by atoms with Crippen LogP contribution in [0.25, 0.3) is 0 Å². The van der Waals surface area contributed by atoms with E-state index in [1.54, 1.807) is 23.1 Å². The zero-order valence-corrected chi connectivity index (χ0v) is 10.2. The third-order valence-corrected chi connectivity index (χ3v) is 2.86. The van der Waals surface area contributed by atoms with Crippen molar-refractivity contribution in [3.05, 3.63) is 34.3 Å². The standard InChI is InChI=1S/C13H14ClNO/c1-4-9-15(5-2)13(16)11-7-6-8-12(14)10(11)3/h1,6-8H,5,9H2,2-3H3. The molecule has 0 fully saturated rings. The maximum atomic E-state index is 12.1. The molecular formula is C13H14ClNO. The summed E-state index contributed by atoms with van der Waals surface area (Å²) in [4.78, 5) is 13.7. The van der Waals surface area contributed by atoms with E-state index in [1.807, 2.05) is 13.8 Å². The van der Waals surface area contributed by atoms with Gasteiger partial charge >= 0.3 is 0 Å². The molecule has 0 aliphatic rings. The van der Waals surface area contributed by atoms with Crippen LogP contribution in [-0.4, -0.2) is 23.9 Å². The third kappa shape index (κ3) is 2.56. The van der Waals surface area contributed by atoms with E-state index in [9.17, 15) is 4.79 Å². The maximum Gasteiger partial charge on any atom is 0.254 e. The minimum Gasteiger partial charge on any atom is -0.328 e. The largest absolute Gasteiger partial charge is 0.328 e. The summed E-state index contributed by atoms with van der Waals surface area (Å²) < 4.78 is 0. The first kappa shape index (κ1) is 12.6. The van der Waals surface area contributed by atoms with E-state index in [1.165, 1.54) is 0 Å². The second-order valence-electron chi connectivity index (χ2n) is 3.44. The summed E-state index contributed by atoms with van der Waals surface area (Å²) in [6.45, 7) is 4.64. The van der Waals surface area contributed by atoms with Crippen LogP contribution < -0.4 is 0 Å². The maximum absolute atomic E-state index is 12.1. The van der Waals surface area contributed by atoms with Crippen LogP contribution in [0.15, 0.2) is 18.2 Å². The van der Waals surface area contributed by atoms with Gasteiger partial charge in [0.25, 0.3) is 5.91 Å². The molecule has 0 aliphatic carbocycles. The first-order valence-corrected chi connectivity index (χ1v) is 5.47. The van der Waals surface area contributed by atoms with Gasteiger partial charge in [-0.15, -0.1) is 6.42 Å². The number of amides is 1. The molecule has 16 heavy (non-hydrogen) atoms. The predicted molar refractivity (Wildman–Crippen MR) is 66.6 cm³/mol. The summed E-state index contributed by atoms with van der Waals surface area (Å²) in [7, 11) is 0. The van der Waals surface area contributed by atoms with Gasteiger partial charge in [-0.05, 0) is 31.5 Å². The van der Waals surface area contributed by atoms with E-state index in [4.69, 9.17) is 18.0 Å². The van der Waals surface area contributed by atoms with E-state index in [-0.39, 0.29) is 5.91 Å². The lowest BCUT2D eigenvalue weighted by molar-refractivity contribution is 0.0784. The molecule has 1 rings (SSSR count). The smallest absolute Gasteiger partial charge is 0.254 e. The van der Waals surface area contributed by atoms with Crippen molar-refractivity contribution in [2.75, 3.05) is 13.1 Å². The Morgan fingerprint density at radius 2 is 2.25 bits per heavy atom. The third-order valence-electron chi connectivity index (χ3n) is 2.45. The molecule has 0 N–H and O–H groups in total. The van der Waals surface area contributed by atoms with Crippen LogP contribution in [0.4, 0.5) is 0 Å². The van der Waals surface area contributed by atoms with Gasteiger partial charge in [-0.2, -0.15) is 0 Å². The van der Waals surface area contributed by atoms with Gasteiger partial charge in [0.15, 0.2) is 0 Å². The zero-order valence-electron chi connectivity index (χ0n) is 9.46. The highest BCUT2D eigenvalue weighted by atomic mass is 35.5. The summed E-state index contributed by atoms with van der Waals surface area (Å²) in [6, 6.07) is 5.31. The molecule has 1 aromatic rings. The van der Waals surface area contributed by atoms with Crippen molar-refractivity contribution < 1.29 is 4.79 Å². The molecule has 0 spiro atoms. The van der Waals surface area contributed by atoms with Crippen molar-refractivity contribution >= 4 is 17.5 Å². The second-order valence-corrected chi connectivity index (χ2v) is 3.84. The van der Waals surface area contributed by atoms with Crippen LogP contribution in [0.1, 0.15) is 22.8 Å². The Morgan fingerprint density at radius 3 is 2.81 bits per heavy atom. The molecule has 0 radical (unpaired) electrons. The minimum atomic E-state index is -0.0690. The zero-order chi connectivity index (χ0) is 12.1. The van der Waals surface area contributed by atoms with Crippen LogP contribution in [0.5, 0.6) is 0 Å². The average Bonchev–Trinajstić information content (AvgIpc) is 2.29. The molecule has 0 heterocycles.